The standard InChI is InChI=1S/C18H21N5O2.C2H2.CH2O2/c1-11-9-13-14(10-12(11)2)23(8-7-22-5-3-4-6-22)16-15(19-13)17(24)21-18(25)20-16;1-2;2-1-3/h9-10H,3-8H2,1-2H3,(H,21,24,25);1-2H;1H,(H,2,3). The van der Waals surface area contributed by atoms with Gasteiger partial charge >= 0.3 is 5.69 Å². The van der Waals surface area contributed by atoms with Gasteiger partial charge in [0.25, 0.3) is 12.0 Å². The van der Waals surface area contributed by atoms with E-state index in [2.05, 4.69) is 38.8 Å². The van der Waals surface area contributed by atoms with Crippen LogP contribution in [-0.2, 0) is 11.3 Å². The molecule has 1 saturated heterocycles. The van der Waals surface area contributed by atoms with E-state index in [0.29, 0.717) is 12.4 Å². The van der Waals surface area contributed by atoms with Gasteiger partial charge in [0, 0.05) is 13.1 Å². The van der Waals surface area contributed by atoms with Gasteiger partial charge in [0.2, 0.25) is 0 Å². The molecule has 0 aromatic heterocycles. The summed E-state index contributed by atoms with van der Waals surface area (Å²) in [6.45, 7) is 7.57. The fourth-order valence-electron chi connectivity index (χ4n) is 3.52. The number of aromatic amines is 1. The number of nitrogens with one attached hydrogen (secondary N) is 1. The number of hydrogen-bond donors (Lipinski definition) is 2. The van der Waals surface area contributed by atoms with Crippen molar-refractivity contribution in [3.63, 3.8) is 0 Å². The summed E-state index contributed by atoms with van der Waals surface area (Å²) in [5.41, 5.74) is 3.04. The number of likely N-dealkylation sites (tertiary alicyclic amines) is 1. The third-order valence-electron chi connectivity index (χ3n) is 5.06. The highest BCUT2D eigenvalue weighted by Gasteiger charge is 2.20. The Balaban J connectivity index is 0.000000590. The predicted octanol–water partition coefficient (Wildman–Crippen LogP) is 1.25. The van der Waals surface area contributed by atoms with Gasteiger partial charge in [-0.25, -0.2) is 9.78 Å². The van der Waals surface area contributed by atoms with E-state index in [-0.39, 0.29) is 12.2 Å². The topological polar surface area (TPSA) is 121 Å². The van der Waals surface area contributed by atoms with Crippen molar-refractivity contribution in [1.82, 2.24) is 24.4 Å². The lowest BCUT2D eigenvalue weighted by Crippen LogP contribution is -2.31. The summed E-state index contributed by atoms with van der Waals surface area (Å²) < 4.78 is 1.97. The molecule has 0 radical (unpaired) electrons. The Bertz CT molecular complexity index is 1130. The first-order valence-electron chi connectivity index (χ1n) is 9.50. The molecule has 0 saturated carbocycles. The van der Waals surface area contributed by atoms with Crippen molar-refractivity contribution in [3.8, 4) is 24.4 Å². The van der Waals surface area contributed by atoms with E-state index < -0.39 is 11.2 Å². The van der Waals surface area contributed by atoms with Crippen LogP contribution in [0.4, 0.5) is 0 Å². The number of carbonyl (C=O) groups is 1. The summed E-state index contributed by atoms with van der Waals surface area (Å²) in [4.78, 5) is 45.5. The van der Waals surface area contributed by atoms with Gasteiger partial charge in [0.1, 0.15) is 0 Å². The second-order valence-corrected chi connectivity index (χ2v) is 6.89. The molecule has 3 aliphatic heterocycles. The average molecular weight is 411 g/mol. The van der Waals surface area contributed by atoms with Crippen LogP contribution >= 0.6 is 0 Å². The van der Waals surface area contributed by atoms with Gasteiger partial charge < -0.3 is 14.6 Å². The minimum Gasteiger partial charge on any atom is -0.483 e. The van der Waals surface area contributed by atoms with E-state index in [4.69, 9.17) is 9.90 Å². The van der Waals surface area contributed by atoms with Crippen LogP contribution < -0.4 is 11.2 Å². The molecule has 0 aliphatic carbocycles. The van der Waals surface area contributed by atoms with Crippen molar-refractivity contribution in [3.05, 3.63) is 44.1 Å². The molecule has 0 spiro atoms. The van der Waals surface area contributed by atoms with Crippen LogP contribution in [0.5, 0.6) is 0 Å². The van der Waals surface area contributed by atoms with Crippen LogP contribution in [0, 0.1) is 26.7 Å². The molecule has 158 valence electrons. The Morgan fingerprint density at radius 1 is 1.10 bits per heavy atom. The first-order valence-corrected chi connectivity index (χ1v) is 9.50. The molecule has 9 heteroatoms. The molecule has 0 atom stereocenters. The Kier molecular flexibility index (Phi) is 7.83. The Morgan fingerprint density at radius 3 is 2.33 bits per heavy atom. The minimum atomic E-state index is -0.627. The first-order chi connectivity index (χ1) is 14.4. The molecule has 30 heavy (non-hydrogen) atoms. The van der Waals surface area contributed by atoms with Gasteiger partial charge in [0.05, 0.1) is 11.0 Å². The number of terminal acetylenes is 1. The molecule has 0 amide bonds. The molecule has 1 aromatic carbocycles. The Morgan fingerprint density at radius 2 is 1.70 bits per heavy atom. The van der Waals surface area contributed by atoms with Crippen molar-refractivity contribution in [2.24, 2.45) is 0 Å². The fourth-order valence-corrected chi connectivity index (χ4v) is 3.52. The maximum Gasteiger partial charge on any atom is 0.349 e. The minimum absolute atomic E-state index is 0.219. The van der Waals surface area contributed by atoms with Crippen molar-refractivity contribution < 1.29 is 9.90 Å². The molecule has 0 unspecified atom stereocenters. The summed E-state index contributed by atoms with van der Waals surface area (Å²) in [6.07, 6.45) is 10.5. The van der Waals surface area contributed by atoms with E-state index in [9.17, 15) is 9.59 Å². The van der Waals surface area contributed by atoms with E-state index in [1.807, 2.05) is 24.5 Å². The summed E-state index contributed by atoms with van der Waals surface area (Å²) in [7, 11) is 0. The van der Waals surface area contributed by atoms with Crippen molar-refractivity contribution >= 4 is 17.5 Å². The third-order valence-corrected chi connectivity index (χ3v) is 5.06. The fraction of sp³-hybridized carbons (Fsp3) is 0.381. The van der Waals surface area contributed by atoms with E-state index >= 15 is 0 Å². The summed E-state index contributed by atoms with van der Waals surface area (Å²) >= 11 is 0. The molecule has 0 bridgehead atoms. The summed E-state index contributed by atoms with van der Waals surface area (Å²) in [6, 6.07) is 4.05. The molecular formula is C21H25N5O4. The number of benzene rings is 1. The van der Waals surface area contributed by atoms with Gasteiger partial charge in [-0.15, -0.1) is 12.8 Å². The first kappa shape index (κ1) is 22.8. The van der Waals surface area contributed by atoms with Gasteiger partial charge in [-0.1, -0.05) is 0 Å². The number of aryl methyl sites for hydroxylation is 2. The highest BCUT2D eigenvalue weighted by Crippen LogP contribution is 2.24. The maximum absolute atomic E-state index is 12.2. The highest BCUT2D eigenvalue weighted by atomic mass is 16.3. The van der Waals surface area contributed by atoms with E-state index in [1.54, 1.807) is 0 Å². The van der Waals surface area contributed by atoms with Gasteiger partial charge in [-0.05, 0) is 63.0 Å². The molecule has 4 rings (SSSR count). The largest absolute Gasteiger partial charge is 0.483 e. The monoisotopic (exact) mass is 411 g/mol. The number of aromatic nitrogens is 4. The highest BCUT2D eigenvalue weighted by molar-refractivity contribution is 5.81. The van der Waals surface area contributed by atoms with Gasteiger partial charge in [-0.3, -0.25) is 14.6 Å². The van der Waals surface area contributed by atoms with Gasteiger partial charge in [0.15, 0.2) is 11.5 Å². The SMILES string of the molecule is C#C.Cc1cc2nc3c(=O)[nH]c(=O)nc-3n(CCN3CCCC3)c2cc1C.O=CO. The average Bonchev–Trinajstić information content (AvgIpc) is 3.23. The summed E-state index contributed by atoms with van der Waals surface area (Å²) in [5, 5.41) is 6.89. The van der Waals surface area contributed by atoms with Crippen molar-refractivity contribution in [2.75, 3.05) is 19.6 Å². The number of carboxylic acid groups (broad SMARTS) is 1. The van der Waals surface area contributed by atoms with E-state index in [1.165, 1.54) is 12.8 Å². The number of H-pyrrole nitrogens is 1. The zero-order valence-electron chi connectivity index (χ0n) is 17.1. The molecule has 9 nitrogen and oxygen atoms in total. The zero-order chi connectivity index (χ0) is 22.3. The lowest BCUT2D eigenvalue weighted by atomic mass is 10.1. The van der Waals surface area contributed by atoms with Crippen LogP contribution in [-0.4, -0.2) is 55.6 Å². The number of rotatable bonds is 3. The molecule has 1 aromatic rings. The van der Waals surface area contributed by atoms with E-state index in [0.717, 1.165) is 41.8 Å². The maximum atomic E-state index is 12.2. The normalized spacial score (nSPS) is 13.3. The van der Waals surface area contributed by atoms with Crippen molar-refractivity contribution in [2.45, 2.75) is 33.2 Å². The lowest BCUT2D eigenvalue weighted by molar-refractivity contribution is -0.122. The molecular weight excluding hydrogens is 386 g/mol. The quantitative estimate of drug-likeness (QED) is 0.378. The lowest BCUT2D eigenvalue weighted by Gasteiger charge is -2.20. The van der Waals surface area contributed by atoms with Crippen LogP contribution in [0.3, 0.4) is 0 Å². The number of fused-ring (bicyclic) bond motifs is 2. The summed E-state index contributed by atoms with van der Waals surface area (Å²) in [5.74, 6) is 0.365. The third kappa shape index (κ3) is 4.90. The smallest absolute Gasteiger partial charge is 0.349 e. The predicted molar refractivity (Wildman–Crippen MR) is 115 cm³/mol. The van der Waals surface area contributed by atoms with Crippen LogP contribution in [0.1, 0.15) is 24.0 Å². The molecule has 1 fully saturated rings. The van der Waals surface area contributed by atoms with Crippen LogP contribution in [0.2, 0.25) is 0 Å². The number of hydrogen-bond acceptors (Lipinski definition) is 6. The van der Waals surface area contributed by atoms with Crippen LogP contribution in [0.25, 0.3) is 22.6 Å². The number of nitrogens with zero attached hydrogens (tertiary/aromatic N) is 4. The zero-order valence-corrected chi connectivity index (χ0v) is 17.1. The van der Waals surface area contributed by atoms with Crippen molar-refractivity contribution in [1.29, 1.82) is 0 Å². The molecule has 2 N–H and O–H groups in total. The molecule has 3 heterocycles. The Hall–Kier alpha value is -3.51. The second kappa shape index (κ2) is 10.3. The second-order valence-electron chi connectivity index (χ2n) is 6.89. The molecule has 3 aliphatic rings. The van der Waals surface area contributed by atoms with Crippen LogP contribution in [0.15, 0.2) is 21.7 Å². The van der Waals surface area contributed by atoms with Gasteiger partial charge in [-0.2, -0.15) is 4.98 Å². The Labute approximate surface area is 173 Å².